The Kier molecular flexibility index (Phi) is 6.80. The Labute approximate surface area is 195 Å². The second kappa shape index (κ2) is 10.1. The van der Waals surface area contributed by atoms with Gasteiger partial charge in [-0.25, -0.2) is 0 Å². The number of rotatable bonds is 7. The molecule has 0 bridgehead atoms. The van der Waals surface area contributed by atoms with Crippen molar-refractivity contribution in [2.75, 3.05) is 16.4 Å². The fourth-order valence-corrected chi connectivity index (χ4v) is 3.78. The van der Waals surface area contributed by atoms with Crippen molar-refractivity contribution in [1.82, 2.24) is 19.7 Å². The van der Waals surface area contributed by atoms with Crippen LogP contribution in [0.3, 0.4) is 0 Å². The van der Waals surface area contributed by atoms with E-state index in [0.717, 1.165) is 11.1 Å². The molecule has 0 aliphatic carbocycles. The van der Waals surface area contributed by atoms with E-state index in [-0.39, 0.29) is 17.6 Å². The van der Waals surface area contributed by atoms with E-state index in [9.17, 15) is 9.59 Å². The van der Waals surface area contributed by atoms with Crippen LogP contribution in [-0.2, 0) is 11.8 Å². The van der Waals surface area contributed by atoms with E-state index in [0.29, 0.717) is 27.9 Å². The molecule has 0 atom stereocenters. The van der Waals surface area contributed by atoms with Crippen LogP contribution < -0.4 is 10.6 Å². The minimum atomic E-state index is -0.182. The summed E-state index contributed by atoms with van der Waals surface area (Å²) in [6, 6.07) is 18.1. The second-order valence-corrected chi connectivity index (χ2v) is 8.28. The predicted molar refractivity (Wildman–Crippen MR) is 129 cm³/mol. The van der Waals surface area contributed by atoms with Gasteiger partial charge in [-0.3, -0.25) is 14.6 Å². The van der Waals surface area contributed by atoms with Gasteiger partial charge in [-0.05, 0) is 55.5 Å². The SMILES string of the molecule is Cc1ccc(C(=O)Nc2ccc(NC(=O)CSc3nnc(-c4ccncc4)n3C)cc2)cc1. The van der Waals surface area contributed by atoms with E-state index in [4.69, 9.17) is 0 Å². The van der Waals surface area contributed by atoms with Gasteiger partial charge in [-0.2, -0.15) is 0 Å². The van der Waals surface area contributed by atoms with Crippen LogP contribution in [0.4, 0.5) is 11.4 Å². The Morgan fingerprint density at radius 2 is 1.52 bits per heavy atom. The van der Waals surface area contributed by atoms with Crippen LogP contribution in [0.5, 0.6) is 0 Å². The maximum atomic E-state index is 12.4. The van der Waals surface area contributed by atoms with Crippen molar-refractivity contribution >= 4 is 35.0 Å². The van der Waals surface area contributed by atoms with Crippen molar-refractivity contribution in [3.8, 4) is 11.4 Å². The summed E-state index contributed by atoms with van der Waals surface area (Å²) in [5, 5.41) is 14.7. The summed E-state index contributed by atoms with van der Waals surface area (Å²) in [7, 11) is 1.86. The molecule has 0 fully saturated rings. The number of carbonyl (C=O) groups excluding carboxylic acids is 2. The lowest BCUT2D eigenvalue weighted by molar-refractivity contribution is -0.113. The number of aromatic nitrogens is 4. The molecule has 4 aromatic rings. The zero-order valence-electron chi connectivity index (χ0n) is 18.1. The maximum Gasteiger partial charge on any atom is 0.255 e. The van der Waals surface area contributed by atoms with E-state index in [1.54, 1.807) is 48.8 Å². The summed E-state index contributed by atoms with van der Waals surface area (Å²) >= 11 is 1.30. The molecule has 2 N–H and O–H groups in total. The molecule has 0 saturated heterocycles. The average molecular weight is 459 g/mol. The van der Waals surface area contributed by atoms with Gasteiger partial charge in [-0.1, -0.05) is 29.5 Å². The number of nitrogens with one attached hydrogen (secondary N) is 2. The van der Waals surface area contributed by atoms with Gasteiger partial charge in [-0.15, -0.1) is 10.2 Å². The third-order valence-corrected chi connectivity index (χ3v) is 5.87. The third kappa shape index (κ3) is 5.64. The number of carbonyl (C=O) groups is 2. The van der Waals surface area contributed by atoms with E-state index < -0.39 is 0 Å². The van der Waals surface area contributed by atoms with E-state index >= 15 is 0 Å². The lowest BCUT2D eigenvalue weighted by atomic mass is 10.1. The summed E-state index contributed by atoms with van der Waals surface area (Å²) in [5.74, 6) is 0.556. The molecule has 2 amide bonds. The van der Waals surface area contributed by atoms with Crippen LogP contribution in [0.25, 0.3) is 11.4 Å². The largest absolute Gasteiger partial charge is 0.325 e. The zero-order chi connectivity index (χ0) is 23.2. The molecule has 0 saturated carbocycles. The highest BCUT2D eigenvalue weighted by Gasteiger charge is 2.13. The van der Waals surface area contributed by atoms with Gasteiger partial charge in [0.05, 0.1) is 5.75 Å². The number of benzene rings is 2. The molecule has 0 radical (unpaired) electrons. The molecule has 0 aliphatic rings. The minimum absolute atomic E-state index is 0.162. The van der Waals surface area contributed by atoms with Gasteiger partial charge in [0.1, 0.15) is 0 Å². The van der Waals surface area contributed by atoms with Gasteiger partial charge in [0.15, 0.2) is 11.0 Å². The normalized spacial score (nSPS) is 10.6. The monoisotopic (exact) mass is 458 g/mol. The van der Waals surface area contributed by atoms with Crippen molar-refractivity contribution in [2.24, 2.45) is 7.05 Å². The summed E-state index contributed by atoms with van der Waals surface area (Å²) in [6.07, 6.45) is 3.40. The van der Waals surface area contributed by atoms with Crippen LogP contribution in [0, 0.1) is 6.92 Å². The molecule has 33 heavy (non-hydrogen) atoms. The van der Waals surface area contributed by atoms with Crippen molar-refractivity contribution < 1.29 is 9.59 Å². The smallest absolute Gasteiger partial charge is 0.255 e. The molecule has 2 aromatic carbocycles. The molecule has 8 nitrogen and oxygen atoms in total. The Hall–Kier alpha value is -3.98. The zero-order valence-corrected chi connectivity index (χ0v) is 19.0. The van der Waals surface area contributed by atoms with Crippen LogP contribution in [0.2, 0.25) is 0 Å². The highest BCUT2D eigenvalue weighted by Crippen LogP contribution is 2.22. The molecular weight excluding hydrogens is 436 g/mol. The van der Waals surface area contributed by atoms with Crippen molar-refractivity contribution in [2.45, 2.75) is 12.1 Å². The lowest BCUT2D eigenvalue weighted by Gasteiger charge is -2.08. The first-order valence-electron chi connectivity index (χ1n) is 10.2. The standard InChI is InChI=1S/C24H22N6O2S/c1-16-3-5-18(6-4-16)23(32)27-20-9-7-19(8-10-20)26-21(31)15-33-24-29-28-22(30(24)2)17-11-13-25-14-12-17/h3-14H,15H2,1-2H3,(H,26,31)(H,27,32). The molecule has 2 heterocycles. The quantitative estimate of drug-likeness (QED) is 0.403. The predicted octanol–water partition coefficient (Wildman–Crippen LogP) is 4.17. The molecule has 2 aromatic heterocycles. The first-order chi connectivity index (χ1) is 16.0. The van der Waals surface area contributed by atoms with Gasteiger partial charge in [0.2, 0.25) is 5.91 Å². The first kappa shape index (κ1) is 22.2. The van der Waals surface area contributed by atoms with Gasteiger partial charge < -0.3 is 15.2 Å². The Balaban J connectivity index is 1.30. The van der Waals surface area contributed by atoms with Crippen LogP contribution >= 0.6 is 11.8 Å². The topological polar surface area (TPSA) is 102 Å². The second-order valence-electron chi connectivity index (χ2n) is 7.34. The Morgan fingerprint density at radius 3 is 2.18 bits per heavy atom. The molecule has 0 unspecified atom stereocenters. The summed E-state index contributed by atoms with van der Waals surface area (Å²) in [4.78, 5) is 28.7. The molecule has 9 heteroatoms. The van der Waals surface area contributed by atoms with Crippen LogP contribution in [0.1, 0.15) is 15.9 Å². The summed E-state index contributed by atoms with van der Waals surface area (Å²) in [6.45, 7) is 1.97. The number of aryl methyl sites for hydroxylation is 1. The summed E-state index contributed by atoms with van der Waals surface area (Å²) in [5.41, 5.74) is 3.88. The van der Waals surface area contributed by atoms with Gasteiger partial charge >= 0.3 is 0 Å². The Bertz CT molecular complexity index is 1250. The van der Waals surface area contributed by atoms with Crippen LogP contribution in [0.15, 0.2) is 78.2 Å². The van der Waals surface area contributed by atoms with Gasteiger partial charge in [0.25, 0.3) is 5.91 Å². The van der Waals surface area contributed by atoms with Gasteiger partial charge in [0, 0.05) is 41.9 Å². The highest BCUT2D eigenvalue weighted by molar-refractivity contribution is 7.99. The summed E-state index contributed by atoms with van der Waals surface area (Å²) < 4.78 is 1.85. The average Bonchev–Trinajstić information content (AvgIpc) is 3.20. The third-order valence-electron chi connectivity index (χ3n) is 4.85. The van der Waals surface area contributed by atoms with E-state index in [2.05, 4.69) is 25.8 Å². The van der Waals surface area contributed by atoms with Crippen LogP contribution in [-0.4, -0.2) is 37.3 Å². The number of thioether (sulfide) groups is 1. The van der Waals surface area contributed by atoms with Crippen molar-refractivity contribution in [3.05, 3.63) is 84.2 Å². The van der Waals surface area contributed by atoms with E-state index in [1.807, 2.05) is 42.8 Å². The first-order valence-corrected chi connectivity index (χ1v) is 11.2. The molecular formula is C24H22N6O2S. The number of nitrogens with zero attached hydrogens (tertiary/aromatic N) is 4. The lowest BCUT2D eigenvalue weighted by Crippen LogP contribution is -2.15. The van der Waals surface area contributed by atoms with Crippen molar-refractivity contribution in [1.29, 1.82) is 0 Å². The maximum absolute atomic E-state index is 12.4. The number of anilines is 2. The highest BCUT2D eigenvalue weighted by atomic mass is 32.2. The molecule has 0 aliphatic heterocycles. The fraction of sp³-hybridized carbons (Fsp3) is 0.125. The van der Waals surface area contributed by atoms with Crippen molar-refractivity contribution in [3.63, 3.8) is 0 Å². The molecule has 4 rings (SSSR count). The number of hydrogen-bond donors (Lipinski definition) is 2. The Morgan fingerprint density at radius 1 is 0.879 bits per heavy atom. The number of hydrogen-bond acceptors (Lipinski definition) is 6. The molecule has 166 valence electrons. The number of amides is 2. The van der Waals surface area contributed by atoms with E-state index in [1.165, 1.54) is 11.8 Å². The fourth-order valence-electron chi connectivity index (χ4n) is 3.07. The molecule has 0 spiro atoms. The minimum Gasteiger partial charge on any atom is -0.325 e. The number of pyridine rings is 1.